The molecule has 0 amide bonds. The normalized spacial score (nSPS) is 19.0. The van der Waals surface area contributed by atoms with Crippen LogP contribution in [-0.4, -0.2) is 13.1 Å². The quantitative estimate of drug-likeness (QED) is 0.831. The van der Waals surface area contributed by atoms with Crippen LogP contribution in [-0.2, 0) is 10.8 Å². The van der Waals surface area contributed by atoms with Gasteiger partial charge in [0.2, 0.25) is 0 Å². The summed E-state index contributed by atoms with van der Waals surface area (Å²) in [4.78, 5) is 0. The SMILES string of the molecule is CCNCC1(c2ccc(C(C)(C)C)cc2)CCCCC1. The minimum Gasteiger partial charge on any atom is -0.316 e. The molecule has 1 aromatic rings. The van der Waals surface area contributed by atoms with E-state index in [0.29, 0.717) is 5.41 Å². The largest absolute Gasteiger partial charge is 0.316 e. The summed E-state index contributed by atoms with van der Waals surface area (Å²) in [5, 5.41) is 3.60. The Morgan fingerprint density at radius 3 is 2.10 bits per heavy atom. The van der Waals surface area contributed by atoms with Crippen LogP contribution in [0.4, 0.5) is 0 Å². The zero-order chi connectivity index (χ0) is 14.6. The molecule has 0 unspecified atom stereocenters. The predicted octanol–water partition coefficient (Wildman–Crippen LogP) is 4.80. The molecule has 1 aromatic carbocycles. The van der Waals surface area contributed by atoms with Gasteiger partial charge in [0.1, 0.15) is 0 Å². The summed E-state index contributed by atoms with van der Waals surface area (Å²) in [6, 6.07) is 9.47. The molecule has 2 rings (SSSR count). The second-order valence-electron chi connectivity index (χ2n) is 7.45. The fraction of sp³-hybridized carbons (Fsp3) is 0.684. The van der Waals surface area contributed by atoms with E-state index >= 15 is 0 Å². The highest BCUT2D eigenvalue weighted by Crippen LogP contribution is 2.39. The zero-order valence-electron chi connectivity index (χ0n) is 13.8. The molecule has 0 radical (unpaired) electrons. The number of likely N-dealkylation sites (N-methyl/N-ethyl adjacent to an activating group) is 1. The van der Waals surface area contributed by atoms with Gasteiger partial charge in [-0.05, 0) is 35.9 Å². The van der Waals surface area contributed by atoms with Gasteiger partial charge in [-0.3, -0.25) is 0 Å². The van der Waals surface area contributed by atoms with Crippen molar-refractivity contribution in [2.45, 2.75) is 70.6 Å². The van der Waals surface area contributed by atoms with Crippen LogP contribution in [0, 0.1) is 0 Å². The molecule has 1 fully saturated rings. The van der Waals surface area contributed by atoms with E-state index in [4.69, 9.17) is 0 Å². The van der Waals surface area contributed by atoms with Crippen molar-refractivity contribution in [3.63, 3.8) is 0 Å². The average Bonchev–Trinajstić information content (AvgIpc) is 2.45. The van der Waals surface area contributed by atoms with Crippen molar-refractivity contribution in [1.82, 2.24) is 5.32 Å². The standard InChI is InChI=1S/C19H31N/c1-5-20-15-19(13-7-6-8-14-19)17-11-9-16(10-12-17)18(2,3)4/h9-12,20H,5-8,13-15H2,1-4H3. The summed E-state index contributed by atoms with van der Waals surface area (Å²) in [6.07, 6.45) is 6.86. The van der Waals surface area contributed by atoms with E-state index < -0.39 is 0 Å². The molecule has 0 saturated heterocycles. The van der Waals surface area contributed by atoms with Crippen molar-refractivity contribution in [2.75, 3.05) is 13.1 Å². The van der Waals surface area contributed by atoms with Crippen molar-refractivity contribution in [2.24, 2.45) is 0 Å². The summed E-state index contributed by atoms with van der Waals surface area (Å²) in [7, 11) is 0. The van der Waals surface area contributed by atoms with Gasteiger partial charge in [-0.2, -0.15) is 0 Å². The molecule has 0 aliphatic heterocycles. The molecule has 1 aliphatic rings. The molecular weight excluding hydrogens is 242 g/mol. The molecule has 0 heterocycles. The van der Waals surface area contributed by atoms with Crippen molar-refractivity contribution >= 4 is 0 Å². The molecule has 0 aromatic heterocycles. The number of benzene rings is 1. The summed E-state index contributed by atoms with van der Waals surface area (Å²) < 4.78 is 0. The highest BCUT2D eigenvalue weighted by Gasteiger charge is 2.33. The number of hydrogen-bond acceptors (Lipinski definition) is 1. The molecule has 1 nitrogen and oxygen atoms in total. The highest BCUT2D eigenvalue weighted by molar-refractivity contribution is 5.33. The smallest absolute Gasteiger partial charge is 0.00777 e. The Morgan fingerprint density at radius 1 is 1.00 bits per heavy atom. The lowest BCUT2D eigenvalue weighted by molar-refractivity contribution is 0.282. The van der Waals surface area contributed by atoms with Crippen molar-refractivity contribution < 1.29 is 0 Å². The van der Waals surface area contributed by atoms with Gasteiger partial charge in [0, 0.05) is 12.0 Å². The molecule has 1 heteroatoms. The Hall–Kier alpha value is -0.820. The van der Waals surface area contributed by atoms with E-state index in [1.54, 1.807) is 5.56 Å². The Labute approximate surface area is 125 Å². The van der Waals surface area contributed by atoms with Crippen molar-refractivity contribution in [3.8, 4) is 0 Å². The highest BCUT2D eigenvalue weighted by atomic mass is 14.9. The molecule has 1 N–H and O–H groups in total. The Kier molecular flexibility index (Phi) is 4.90. The van der Waals surface area contributed by atoms with Crippen LogP contribution in [0.15, 0.2) is 24.3 Å². The maximum absolute atomic E-state index is 3.60. The minimum atomic E-state index is 0.250. The van der Waals surface area contributed by atoms with E-state index in [1.165, 1.54) is 37.7 Å². The molecular formula is C19H31N. The maximum Gasteiger partial charge on any atom is 0.00777 e. The third-order valence-electron chi connectivity index (χ3n) is 4.89. The van der Waals surface area contributed by atoms with Gasteiger partial charge in [-0.1, -0.05) is 71.2 Å². The topological polar surface area (TPSA) is 12.0 Å². The van der Waals surface area contributed by atoms with Crippen LogP contribution < -0.4 is 5.32 Å². The van der Waals surface area contributed by atoms with Crippen LogP contribution in [0.25, 0.3) is 0 Å². The van der Waals surface area contributed by atoms with Crippen LogP contribution in [0.2, 0.25) is 0 Å². The summed E-state index contributed by atoms with van der Waals surface area (Å²) in [5.74, 6) is 0. The van der Waals surface area contributed by atoms with Gasteiger partial charge in [0.15, 0.2) is 0 Å². The average molecular weight is 273 g/mol. The number of rotatable bonds is 4. The third kappa shape index (κ3) is 3.44. The second-order valence-corrected chi connectivity index (χ2v) is 7.45. The van der Waals surface area contributed by atoms with Crippen molar-refractivity contribution in [3.05, 3.63) is 35.4 Å². The molecule has 20 heavy (non-hydrogen) atoms. The molecule has 1 saturated carbocycles. The van der Waals surface area contributed by atoms with Gasteiger partial charge in [0.25, 0.3) is 0 Å². The number of nitrogens with one attached hydrogen (secondary N) is 1. The first kappa shape index (κ1) is 15.6. The summed E-state index contributed by atoms with van der Waals surface area (Å²) in [6.45, 7) is 11.3. The first-order valence-electron chi connectivity index (χ1n) is 8.30. The lowest BCUT2D eigenvalue weighted by Crippen LogP contribution is -2.40. The molecule has 112 valence electrons. The second kappa shape index (κ2) is 6.30. The molecule has 0 spiro atoms. The molecule has 1 aliphatic carbocycles. The first-order valence-corrected chi connectivity index (χ1v) is 8.30. The molecule has 0 atom stereocenters. The monoisotopic (exact) mass is 273 g/mol. The van der Waals surface area contributed by atoms with Crippen LogP contribution in [0.3, 0.4) is 0 Å². The summed E-state index contributed by atoms with van der Waals surface area (Å²) >= 11 is 0. The van der Waals surface area contributed by atoms with E-state index in [9.17, 15) is 0 Å². The van der Waals surface area contributed by atoms with Crippen LogP contribution >= 0.6 is 0 Å². The van der Waals surface area contributed by atoms with Gasteiger partial charge in [-0.15, -0.1) is 0 Å². The fourth-order valence-corrected chi connectivity index (χ4v) is 3.48. The maximum atomic E-state index is 3.60. The Morgan fingerprint density at radius 2 is 1.60 bits per heavy atom. The predicted molar refractivity (Wildman–Crippen MR) is 88.4 cm³/mol. The zero-order valence-corrected chi connectivity index (χ0v) is 13.8. The molecule has 0 bridgehead atoms. The fourth-order valence-electron chi connectivity index (χ4n) is 3.48. The van der Waals surface area contributed by atoms with Gasteiger partial charge in [-0.25, -0.2) is 0 Å². The van der Waals surface area contributed by atoms with Gasteiger partial charge < -0.3 is 5.32 Å². The van der Waals surface area contributed by atoms with E-state index in [1.807, 2.05) is 0 Å². The lowest BCUT2D eigenvalue weighted by Gasteiger charge is -2.38. The van der Waals surface area contributed by atoms with Gasteiger partial charge >= 0.3 is 0 Å². The van der Waals surface area contributed by atoms with E-state index in [0.717, 1.165) is 13.1 Å². The van der Waals surface area contributed by atoms with Crippen molar-refractivity contribution in [1.29, 1.82) is 0 Å². The summed E-state index contributed by atoms with van der Waals surface area (Å²) in [5.41, 5.74) is 3.62. The number of hydrogen-bond donors (Lipinski definition) is 1. The lowest BCUT2D eigenvalue weighted by atomic mass is 9.69. The van der Waals surface area contributed by atoms with Crippen LogP contribution in [0.1, 0.15) is 70.9 Å². The minimum absolute atomic E-state index is 0.250. The van der Waals surface area contributed by atoms with Gasteiger partial charge in [0.05, 0.1) is 0 Å². The van der Waals surface area contributed by atoms with E-state index in [-0.39, 0.29) is 5.41 Å². The van der Waals surface area contributed by atoms with E-state index in [2.05, 4.69) is 57.3 Å². The van der Waals surface area contributed by atoms with Crippen LogP contribution in [0.5, 0.6) is 0 Å². The Bertz CT molecular complexity index is 404. The Balaban J connectivity index is 2.24. The first-order chi connectivity index (χ1) is 9.48. The third-order valence-corrected chi connectivity index (χ3v) is 4.89.